The molecule has 1 aliphatic rings. The van der Waals surface area contributed by atoms with Crippen molar-refractivity contribution in [1.82, 2.24) is 9.78 Å². The number of carbonyl (C=O) groups is 1. The standard InChI is InChI=1S/C30H28N4O2/c1-3-4-18-36-27-17-11-12-23(19-27)29-24(21-33(32-29)25-13-7-5-8-14-25)20-28-22(2)31-34(30(28)35)26-15-9-6-10-16-26/h5-17,19-21H,3-4,18H2,1-2H3/b28-20-. The van der Waals surface area contributed by atoms with E-state index in [0.29, 0.717) is 17.9 Å². The molecule has 0 saturated heterocycles. The van der Waals surface area contributed by atoms with Gasteiger partial charge in [0.25, 0.3) is 5.91 Å². The molecular weight excluding hydrogens is 448 g/mol. The van der Waals surface area contributed by atoms with Gasteiger partial charge < -0.3 is 4.74 Å². The number of amides is 1. The molecule has 180 valence electrons. The Balaban J connectivity index is 1.56. The summed E-state index contributed by atoms with van der Waals surface area (Å²) in [6.07, 6.45) is 5.92. The first-order chi connectivity index (χ1) is 17.6. The third-order valence-corrected chi connectivity index (χ3v) is 6.00. The fraction of sp³-hybridized carbons (Fsp3) is 0.167. The average Bonchev–Trinajstić information content (AvgIpc) is 3.47. The quantitative estimate of drug-likeness (QED) is 0.215. The summed E-state index contributed by atoms with van der Waals surface area (Å²) in [5.41, 5.74) is 5.41. The SMILES string of the molecule is CCCCOc1cccc(-c2nn(-c3ccccc3)cc2/C=C2\C(=O)N(c3ccccc3)N=C2C)c1. The van der Waals surface area contributed by atoms with E-state index in [1.54, 1.807) is 0 Å². The van der Waals surface area contributed by atoms with Gasteiger partial charge in [-0.15, -0.1) is 0 Å². The number of para-hydroxylation sites is 2. The van der Waals surface area contributed by atoms with Gasteiger partial charge in [0.15, 0.2) is 0 Å². The summed E-state index contributed by atoms with van der Waals surface area (Å²) < 4.78 is 7.78. The van der Waals surface area contributed by atoms with E-state index in [1.165, 1.54) is 5.01 Å². The van der Waals surface area contributed by atoms with Crippen LogP contribution in [0.5, 0.6) is 5.75 Å². The summed E-state index contributed by atoms with van der Waals surface area (Å²) >= 11 is 0. The molecule has 0 N–H and O–H groups in total. The molecule has 0 aliphatic carbocycles. The van der Waals surface area contributed by atoms with Gasteiger partial charge in [0, 0.05) is 17.3 Å². The van der Waals surface area contributed by atoms with E-state index < -0.39 is 0 Å². The highest BCUT2D eigenvalue weighted by atomic mass is 16.5. The second-order valence-electron chi connectivity index (χ2n) is 8.64. The third kappa shape index (κ3) is 4.84. The highest BCUT2D eigenvalue weighted by molar-refractivity contribution is 6.32. The summed E-state index contributed by atoms with van der Waals surface area (Å²) in [5.74, 6) is 0.646. The van der Waals surface area contributed by atoms with Crippen molar-refractivity contribution in [2.24, 2.45) is 5.10 Å². The summed E-state index contributed by atoms with van der Waals surface area (Å²) in [6.45, 7) is 4.68. The van der Waals surface area contributed by atoms with Gasteiger partial charge in [-0.2, -0.15) is 15.2 Å². The molecule has 0 fully saturated rings. The van der Waals surface area contributed by atoms with Crippen LogP contribution >= 0.6 is 0 Å². The van der Waals surface area contributed by atoms with Gasteiger partial charge in [-0.25, -0.2) is 4.68 Å². The number of hydrogen-bond acceptors (Lipinski definition) is 4. The Kier molecular flexibility index (Phi) is 6.76. The van der Waals surface area contributed by atoms with Crippen LogP contribution < -0.4 is 9.75 Å². The molecule has 0 unspecified atom stereocenters. The number of anilines is 1. The van der Waals surface area contributed by atoms with Crippen molar-refractivity contribution < 1.29 is 9.53 Å². The molecule has 0 spiro atoms. The number of nitrogens with zero attached hydrogens (tertiary/aromatic N) is 4. The normalized spacial score (nSPS) is 14.4. The number of unbranched alkanes of at least 4 members (excludes halogenated alkanes) is 1. The minimum atomic E-state index is -0.159. The zero-order valence-corrected chi connectivity index (χ0v) is 20.5. The van der Waals surface area contributed by atoms with Crippen LogP contribution in [0.2, 0.25) is 0 Å². The lowest BCUT2D eigenvalue weighted by Crippen LogP contribution is -2.21. The first kappa shape index (κ1) is 23.3. The molecule has 36 heavy (non-hydrogen) atoms. The van der Waals surface area contributed by atoms with Crippen molar-refractivity contribution >= 4 is 23.4 Å². The highest BCUT2D eigenvalue weighted by Gasteiger charge is 2.29. The van der Waals surface area contributed by atoms with E-state index in [1.807, 2.05) is 109 Å². The van der Waals surface area contributed by atoms with Crippen LogP contribution in [0.25, 0.3) is 23.0 Å². The molecule has 5 rings (SSSR count). The topological polar surface area (TPSA) is 59.7 Å². The molecule has 2 heterocycles. The van der Waals surface area contributed by atoms with Crippen molar-refractivity contribution in [3.05, 3.63) is 102 Å². The molecule has 0 radical (unpaired) electrons. The largest absolute Gasteiger partial charge is 0.494 e. The van der Waals surface area contributed by atoms with Crippen LogP contribution in [0.1, 0.15) is 32.3 Å². The van der Waals surface area contributed by atoms with Crippen molar-refractivity contribution in [2.75, 3.05) is 11.6 Å². The van der Waals surface area contributed by atoms with Gasteiger partial charge in [-0.3, -0.25) is 4.79 Å². The van der Waals surface area contributed by atoms with Crippen LogP contribution in [0.15, 0.2) is 102 Å². The maximum atomic E-state index is 13.3. The van der Waals surface area contributed by atoms with Crippen LogP contribution in [0.3, 0.4) is 0 Å². The Morgan fingerprint density at radius 2 is 1.64 bits per heavy atom. The lowest BCUT2D eigenvalue weighted by molar-refractivity contribution is -0.114. The summed E-state index contributed by atoms with van der Waals surface area (Å²) in [6, 6.07) is 27.3. The Labute approximate surface area is 211 Å². The summed E-state index contributed by atoms with van der Waals surface area (Å²) in [4.78, 5) is 13.3. The number of rotatable bonds is 8. The van der Waals surface area contributed by atoms with Crippen molar-refractivity contribution in [3.8, 4) is 22.7 Å². The Bertz CT molecular complexity index is 1420. The maximum Gasteiger partial charge on any atom is 0.280 e. The van der Waals surface area contributed by atoms with Gasteiger partial charge in [0.2, 0.25) is 0 Å². The molecule has 3 aromatic carbocycles. The number of aromatic nitrogens is 2. The molecule has 1 aromatic heterocycles. The van der Waals surface area contributed by atoms with E-state index in [2.05, 4.69) is 12.0 Å². The Morgan fingerprint density at radius 1 is 0.917 bits per heavy atom. The lowest BCUT2D eigenvalue weighted by Gasteiger charge is -2.11. The fourth-order valence-corrected chi connectivity index (χ4v) is 4.08. The molecular formula is C30H28N4O2. The van der Waals surface area contributed by atoms with Crippen LogP contribution in [-0.2, 0) is 4.79 Å². The number of carbonyl (C=O) groups excluding carboxylic acids is 1. The van der Waals surface area contributed by atoms with Crippen molar-refractivity contribution in [2.45, 2.75) is 26.7 Å². The molecule has 0 atom stereocenters. The molecule has 6 heteroatoms. The minimum absolute atomic E-state index is 0.159. The van der Waals surface area contributed by atoms with Crippen LogP contribution in [0.4, 0.5) is 5.69 Å². The van der Waals surface area contributed by atoms with E-state index >= 15 is 0 Å². The van der Waals surface area contributed by atoms with Gasteiger partial charge >= 0.3 is 0 Å². The van der Waals surface area contributed by atoms with E-state index in [9.17, 15) is 4.79 Å². The summed E-state index contributed by atoms with van der Waals surface area (Å²) in [5, 5.41) is 10.9. The zero-order valence-electron chi connectivity index (χ0n) is 20.5. The zero-order chi connectivity index (χ0) is 24.9. The monoisotopic (exact) mass is 476 g/mol. The number of hydrazone groups is 1. The van der Waals surface area contributed by atoms with E-state index in [4.69, 9.17) is 9.84 Å². The number of ether oxygens (including phenoxy) is 1. The molecule has 0 saturated carbocycles. The van der Waals surface area contributed by atoms with E-state index in [-0.39, 0.29) is 5.91 Å². The predicted molar refractivity (Wildman–Crippen MR) is 144 cm³/mol. The Morgan fingerprint density at radius 3 is 2.36 bits per heavy atom. The van der Waals surface area contributed by atoms with Gasteiger partial charge in [0.05, 0.1) is 29.3 Å². The second kappa shape index (κ2) is 10.4. The minimum Gasteiger partial charge on any atom is -0.494 e. The fourth-order valence-electron chi connectivity index (χ4n) is 4.08. The molecule has 4 aromatic rings. The smallest absolute Gasteiger partial charge is 0.280 e. The predicted octanol–water partition coefficient (Wildman–Crippen LogP) is 6.52. The van der Waals surface area contributed by atoms with Crippen LogP contribution in [0, 0.1) is 0 Å². The number of hydrogen-bond donors (Lipinski definition) is 0. The molecule has 1 amide bonds. The van der Waals surface area contributed by atoms with E-state index in [0.717, 1.165) is 46.8 Å². The van der Waals surface area contributed by atoms with Crippen molar-refractivity contribution in [3.63, 3.8) is 0 Å². The molecule has 6 nitrogen and oxygen atoms in total. The summed E-state index contributed by atoms with van der Waals surface area (Å²) in [7, 11) is 0. The second-order valence-corrected chi connectivity index (χ2v) is 8.64. The third-order valence-electron chi connectivity index (χ3n) is 6.00. The van der Waals surface area contributed by atoms with Gasteiger partial charge in [-0.05, 0) is 55.8 Å². The molecule has 1 aliphatic heterocycles. The highest BCUT2D eigenvalue weighted by Crippen LogP contribution is 2.31. The Hall–Kier alpha value is -4.45. The first-order valence-electron chi connectivity index (χ1n) is 12.2. The van der Waals surface area contributed by atoms with Crippen molar-refractivity contribution in [1.29, 1.82) is 0 Å². The average molecular weight is 477 g/mol. The maximum absolute atomic E-state index is 13.3. The van der Waals surface area contributed by atoms with Crippen LogP contribution in [-0.4, -0.2) is 28.0 Å². The van der Waals surface area contributed by atoms with Gasteiger partial charge in [-0.1, -0.05) is 61.9 Å². The lowest BCUT2D eigenvalue weighted by atomic mass is 10.0. The van der Waals surface area contributed by atoms with Gasteiger partial charge in [0.1, 0.15) is 11.4 Å². The molecule has 0 bridgehead atoms. The number of benzene rings is 3. The first-order valence-corrected chi connectivity index (χ1v) is 12.2.